The van der Waals surface area contributed by atoms with Gasteiger partial charge in [0.05, 0.1) is 43.7 Å². The highest BCUT2D eigenvalue weighted by Crippen LogP contribution is 2.30. The van der Waals surface area contributed by atoms with Crippen molar-refractivity contribution in [3.05, 3.63) is 66.0 Å². The molecule has 0 bridgehead atoms. The van der Waals surface area contributed by atoms with Gasteiger partial charge in [-0.3, -0.25) is 9.59 Å². The van der Waals surface area contributed by atoms with Crippen LogP contribution < -0.4 is 21.1 Å². The van der Waals surface area contributed by atoms with Gasteiger partial charge in [-0.2, -0.15) is 0 Å². The third-order valence-electron chi connectivity index (χ3n) is 5.16. The molecule has 1 fully saturated rings. The van der Waals surface area contributed by atoms with E-state index in [4.69, 9.17) is 19.9 Å². The summed E-state index contributed by atoms with van der Waals surface area (Å²) in [7, 11) is 1.56. The maximum absolute atomic E-state index is 12.1. The Hall–Kier alpha value is -4.18. The molecule has 2 aromatic heterocycles. The number of pyridine rings is 2. The fourth-order valence-electron chi connectivity index (χ4n) is 3.45. The highest BCUT2D eigenvalue weighted by molar-refractivity contribution is 5.99. The molecule has 0 radical (unpaired) electrons. The van der Waals surface area contributed by atoms with Crippen molar-refractivity contribution in [1.29, 1.82) is 0 Å². The number of nitrogens with one attached hydrogen (secondary N) is 2. The van der Waals surface area contributed by atoms with E-state index in [0.717, 1.165) is 12.0 Å². The van der Waals surface area contributed by atoms with Gasteiger partial charge in [-0.1, -0.05) is 18.2 Å². The lowest BCUT2D eigenvalue weighted by Gasteiger charge is -2.14. The predicted molar refractivity (Wildman–Crippen MR) is 126 cm³/mol. The van der Waals surface area contributed by atoms with Crippen molar-refractivity contribution in [3.63, 3.8) is 0 Å². The zero-order valence-corrected chi connectivity index (χ0v) is 18.6. The summed E-state index contributed by atoms with van der Waals surface area (Å²) in [6.45, 7) is 1.06. The van der Waals surface area contributed by atoms with Crippen molar-refractivity contribution in [2.24, 2.45) is 5.73 Å². The number of anilines is 4. The molecule has 1 amide bonds. The Kier molecular flexibility index (Phi) is 7.19. The quantitative estimate of drug-likeness (QED) is 0.409. The Labute approximate surface area is 196 Å². The van der Waals surface area contributed by atoms with Crippen LogP contribution in [0.2, 0.25) is 0 Å². The molecule has 1 aliphatic rings. The van der Waals surface area contributed by atoms with Gasteiger partial charge in [0.25, 0.3) is 5.91 Å². The summed E-state index contributed by atoms with van der Waals surface area (Å²) in [6.07, 6.45) is 3.67. The molecule has 34 heavy (non-hydrogen) atoms. The van der Waals surface area contributed by atoms with Gasteiger partial charge in [-0.15, -0.1) is 0 Å². The van der Waals surface area contributed by atoms with Crippen LogP contribution in [0.25, 0.3) is 0 Å². The van der Waals surface area contributed by atoms with E-state index in [9.17, 15) is 9.59 Å². The van der Waals surface area contributed by atoms with Crippen LogP contribution in [0.15, 0.2) is 54.9 Å². The number of esters is 1. The molecular weight excluding hydrogens is 438 g/mol. The van der Waals surface area contributed by atoms with Crippen molar-refractivity contribution in [2.75, 3.05) is 31.0 Å². The van der Waals surface area contributed by atoms with Crippen molar-refractivity contribution in [3.8, 4) is 5.75 Å². The molecular formula is C24H25N5O5. The van der Waals surface area contributed by atoms with Crippen molar-refractivity contribution >= 4 is 34.9 Å². The standard InChI is InChI=1S/C24H25N5O5/c1-32-20-5-3-2-4-18(20)28-19-11-22(27-13-17(19)24(25)31)29-21-7-6-15(12-26-21)10-23(30)34-16-8-9-33-14-16/h2-7,11-13,16H,8-10,14H2,1H3,(H2,25,31)(H2,26,27,28,29)/t16-/m0/s1. The molecule has 0 aliphatic carbocycles. The molecule has 4 rings (SSSR count). The van der Waals surface area contributed by atoms with Gasteiger partial charge in [-0.25, -0.2) is 9.97 Å². The number of amides is 1. The van der Waals surface area contributed by atoms with Gasteiger partial charge >= 0.3 is 5.97 Å². The van der Waals surface area contributed by atoms with Crippen LogP contribution in [0.5, 0.6) is 5.75 Å². The number of primary amides is 1. The van der Waals surface area contributed by atoms with Crippen LogP contribution in [0.4, 0.5) is 23.0 Å². The summed E-state index contributed by atoms with van der Waals surface area (Å²) in [5.41, 5.74) is 7.61. The molecule has 3 aromatic rings. The van der Waals surface area contributed by atoms with E-state index in [1.807, 2.05) is 18.2 Å². The van der Waals surface area contributed by atoms with Crippen molar-refractivity contribution in [1.82, 2.24) is 9.97 Å². The summed E-state index contributed by atoms with van der Waals surface area (Å²) in [6, 6.07) is 12.5. The number of carbonyl (C=O) groups is 2. The summed E-state index contributed by atoms with van der Waals surface area (Å²) in [5, 5.41) is 6.26. The predicted octanol–water partition coefficient (Wildman–Crippen LogP) is 2.95. The van der Waals surface area contributed by atoms with Crippen LogP contribution in [-0.4, -0.2) is 48.3 Å². The Morgan fingerprint density at radius 3 is 2.62 bits per heavy atom. The van der Waals surface area contributed by atoms with Gasteiger partial charge < -0.3 is 30.6 Å². The molecule has 3 heterocycles. The van der Waals surface area contributed by atoms with Crippen LogP contribution >= 0.6 is 0 Å². The van der Waals surface area contributed by atoms with Gasteiger partial charge in [0.15, 0.2) is 0 Å². The smallest absolute Gasteiger partial charge is 0.310 e. The van der Waals surface area contributed by atoms with Gasteiger partial charge in [0, 0.05) is 24.9 Å². The number of rotatable bonds is 9. The number of hydrogen-bond acceptors (Lipinski definition) is 9. The Bertz CT molecular complexity index is 1160. The van der Waals surface area contributed by atoms with Crippen molar-refractivity contribution in [2.45, 2.75) is 18.9 Å². The lowest BCUT2D eigenvalue weighted by Crippen LogP contribution is -2.19. The van der Waals surface area contributed by atoms with Crippen LogP contribution in [-0.2, 0) is 20.7 Å². The molecule has 10 nitrogen and oxygen atoms in total. The molecule has 0 spiro atoms. The fourth-order valence-corrected chi connectivity index (χ4v) is 3.45. The van der Waals surface area contributed by atoms with E-state index in [1.165, 1.54) is 6.20 Å². The van der Waals surface area contributed by atoms with E-state index >= 15 is 0 Å². The second kappa shape index (κ2) is 10.6. The summed E-state index contributed by atoms with van der Waals surface area (Å²) < 4.78 is 16.0. The first kappa shape index (κ1) is 23.0. The lowest BCUT2D eigenvalue weighted by molar-refractivity contribution is -0.148. The number of carbonyl (C=O) groups excluding carboxylic acids is 2. The van der Waals surface area contributed by atoms with Gasteiger partial charge in [0.1, 0.15) is 23.5 Å². The fraction of sp³-hybridized carbons (Fsp3) is 0.250. The van der Waals surface area contributed by atoms with Crippen LogP contribution in [0, 0.1) is 0 Å². The number of hydrogen-bond donors (Lipinski definition) is 3. The minimum atomic E-state index is -0.616. The topological polar surface area (TPSA) is 138 Å². The SMILES string of the molecule is COc1ccccc1Nc1cc(Nc2ccc(CC(=O)O[C@H]3CCOC3)cn2)ncc1C(N)=O. The molecule has 1 aliphatic heterocycles. The van der Waals surface area contributed by atoms with Crippen LogP contribution in [0.1, 0.15) is 22.3 Å². The monoisotopic (exact) mass is 463 g/mol. The van der Waals surface area contributed by atoms with E-state index in [-0.39, 0.29) is 24.1 Å². The molecule has 4 N–H and O–H groups in total. The maximum Gasteiger partial charge on any atom is 0.310 e. The highest BCUT2D eigenvalue weighted by atomic mass is 16.6. The summed E-state index contributed by atoms with van der Waals surface area (Å²) in [4.78, 5) is 32.6. The first-order chi connectivity index (χ1) is 16.5. The number of nitrogens with zero attached hydrogens (tertiary/aromatic N) is 2. The van der Waals surface area contributed by atoms with Gasteiger partial charge in [0.2, 0.25) is 0 Å². The minimum absolute atomic E-state index is 0.127. The second-order valence-corrected chi connectivity index (χ2v) is 7.63. The Morgan fingerprint density at radius 2 is 1.91 bits per heavy atom. The van der Waals surface area contributed by atoms with Crippen molar-refractivity contribution < 1.29 is 23.8 Å². The maximum atomic E-state index is 12.1. The van der Waals surface area contributed by atoms with E-state index < -0.39 is 5.91 Å². The third kappa shape index (κ3) is 5.78. The Balaban J connectivity index is 1.45. The zero-order chi connectivity index (χ0) is 23.9. The van der Waals surface area contributed by atoms with E-state index in [0.29, 0.717) is 42.0 Å². The number of para-hydroxylation sites is 2. The number of methoxy groups -OCH3 is 1. The molecule has 1 saturated heterocycles. The number of aromatic nitrogens is 2. The minimum Gasteiger partial charge on any atom is -0.495 e. The first-order valence-electron chi connectivity index (χ1n) is 10.7. The molecule has 1 atom stereocenters. The molecule has 176 valence electrons. The third-order valence-corrected chi connectivity index (χ3v) is 5.16. The summed E-state index contributed by atoms with van der Waals surface area (Å²) in [5.74, 6) is 0.649. The largest absolute Gasteiger partial charge is 0.495 e. The highest BCUT2D eigenvalue weighted by Gasteiger charge is 2.20. The normalized spacial score (nSPS) is 14.9. The summed E-state index contributed by atoms with van der Waals surface area (Å²) >= 11 is 0. The molecule has 1 aromatic carbocycles. The van der Waals surface area contributed by atoms with Gasteiger partial charge in [-0.05, 0) is 23.8 Å². The molecule has 10 heteroatoms. The number of benzene rings is 1. The molecule has 0 unspecified atom stereocenters. The Morgan fingerprint density at radius 1 is 1.09 bits per heavy atom. The zero-order valence-electron chi connectivity index (χ0n) is 18.6. The average molecular weight is 463 g/mol. The van der Waals surface area contributed by atoms with E-state index in [1.54, 1.807) is 37.6 Å². The van der Waals surface area contributed by atoms with E-state index in [2.05, 4.69) is 20.6 Å². The number of nitrogens with two attached hydrogens (primary N) is 1. The molecule has 0 saturated carbocycles. The second-order valence-electron chi connectivity index (χ2n) is 7.63. The first-order valence-corrected chi connectivity index (χ1v) is 10.7. The lowest BCUT2D eigenvalue weighted by atomic mass is 10.2. The number of ether oxygens (including phenoxy) is 3. The van der Waals surface area contributed by atoms with Crippen LogP contribution in [0.3, 0.4) is 0 Å². The average Bonchev–Trinajstić information content (AvgIpc) is 3.33.